The second-order valence-electron chi connectivity index (χ2n) is 20.5. The van der Waals surface area contributed by atoms with Gasteiger partial charge in [-0.15, -0.1) is 0 Å². The molecule has 2 unspecified atom stereocenters. The lowest BCUT2D eigenvalue weighted by Crippen LogP contribution is -2.28. The predicted octanol–water partition coefficient (Wildman–Crippen LogP) is 8.31. The molecule has 2 aromatic rings. The van der Waals surface area contributed by atoms with Gasteiger partial charge < -0.3 is 44.5 Å². The number of hydrogen-bond donors (Lipinski definition) is 5. The Hall–Kier alpha value is -4.04. The molecule has 0 amide bonds. The number of fused-ring (bicyclic) bond motifs is 4. The SMILES string of the molecule is CCCCC[C@H](O)CC[C@@H]1[C@H]2Cc3cccc(OCC(=O)OC(C)CC(=O)O)c3C[C@H]2C[C@H]1O.CCCCC[C@H](O)CC[C@@H]1[C@H]2Cc3cccc(OCC(=O)OC(C)CC(C)=O)c3C[C@H]2C[C@H]1O. The topological polar surface area (TPSA) is 206 Å². The first-order valence-electron chi connectivity index (χ1n) is 25.9. The number of aliphatic hydroxyl groups excluding tert-OH is 4. The maximum atomic E-state index is 12.1. The first-order chi connectivity index (χ1) is 32.6. The highest BCUT2D eigenvalue weighted by Crippen LogP contribution is 2.50. The third-order valence-electron chi connectivity index (χ3n) is 15.0. The van der Waals surface area contributed by atoms with Crippen LogP contribution in [0.1, 0.15) is 160 Å². The Balaban J connectivity index is 0.000000254. The highest BCUT2D eigenvalue weighted by Gasteiger charge is 2.46. The highest BCUT2D eigenvalue weighted by atomic mass is 16.6. The van der Waals surface area contributed by atoms with E-state index < -0.39 is 30.1 Å². The smallest absolute Gasteiger partial charge is 0.344 e. The molecule has 0 radical (unpaired) electrons. The van der Waals surface area contributed by atoms with Crippen LogP contribution in [0.3, 0.4) is 0 Å². The number of carbonyl (C=O) groups excluding carboxylic acids is 3. The van der Waals surface area contributed by atoms with Crippen molar-refractivity contribution in [2.24, 2.45) is 35.5 Å². The minimum Gasteiger partial charge on any atom is -0.482 e. The number of esters is 2. The van der Waals surface area contributed by atoms with Crippen molar-refractivity contribution >= 4 is 23.7 Å². The third-order valence-corrected chi connectivity index (χ3v) is 15.0. The van der Waals surface area contributed by atoms with Crippen LogP contribution in [0.25, 0.3) is 0 Å². The Morgan fingerprint density at radius 1 is 0.618 bits per heavy atom. The number of ether oxygens (including phenoxy) is 4. The summed E-state index contributed by atoms with van der Waals surface area (Å²) in [5.41, 5.74) is 4.62. The van der Waals surface area contributed by atoms with Crippen molar-refractivity contribution in [2.75, 3.05) is 13.2 Å². The van der Waals surface area contributed by atoms with Gasteiger partial charge in [0.1, 0.15) is 29.5 Å². The van der Waals surface area contributed by atoms with Crippen LogP contribution in [0.2, 0.25) is 0 Å². The predicted molar refractivity (Wildman–Crippen MR) is 258 cm³/mol. The minimum atomic E-state index is -1.02. The summed E-state index contributed by atoms with van der Waals surface area (Å²) in [6.07, 6.45) is 14.1. The van der Waals surface area contributed by atoms with Crippen LogP contribution in [0, 0.1) is 35.5 Å². The molecule has 2 aromatic carbocycles. The first kappa shape index (κ1) is 54.9. The molecule has 0 aliphatic heterocycles. The maximum absolute atomic E-state index is 12.1. The molecular weight excluding hydrogens is 869 g/mol. The fraction of sp³-hybridized carbons (Fsp3) is 0.709. The number of aliphatic hydroxyl groups is 4. The highest BCUT2D eigenvalue weighted by molar-refractivity contribution is 5.77. The number of carbonyl (C=O) groups is 4. The van der Waals surface area contributed by atoms with E-state index in [9.17, 15) is 39.6 Å². The van der Waals surface area contributed by atoms with Crippen LogP contribution in [-0.4, -0.2) is 99.1 Å². The number of carboxylic acids is 1. The quantitative estimate of drug-likeness (QED) is 0.0445. The van der Waals surface area contributed by atoms with Gasteiger partial charge in [0.05, 0.1) is 30.8 Å². The number of carboxylic acid groups (broad SMARTS) is 1. The van der Waals surface area contributed by atoms with Gasteiger partial charge in [0.25, 0.3) is 0 Å². The van der Waals surface area contributed by atoms with Crippen molar-refractivity contribution in [3.8, 4) is 11.5 Å². The van der Waals surface area contributed by atoms with Crippen molar-refractivity contribution in [1.82, 2.24) is 0 Å². The van der Waals surface area contributed by atoms with Crippen molar-refractivity contribution in [2.45, 2.75) is 200 Å². The average Bonchev–Trinajstić information content (AvgIpc) is 3.76. The van der Waals surface area contributed by atoms with Crippen LogP contribution in [0.4, 0.5) is 0 Å². The molecule has 0 saturated heterocycles. The van der Waals surface area contributed by atoms with E-state index in [1.54, 1.807) is 13.8 Å². The number of Topliss-reactive ketones (excluding diaryl/α,β-unsaturated/α-hetero) is 1. The molecule has 2 saturated carbocycles. The van der Waals surface area contributed by atoms with Crippen molar-refractivity contribution < 1.29 is 63.7 Å². The number of ketones is 1. The van der Waals surface area contributed by atoms with Crippen molar-refractivity contribution in [3.63, 3.8) is 0 Å². The normalized spacial score (nSPS) is 25.2. The van der Waals surface area contributed by atoms with Gasteiger partial charge >= 0.3 is 17.9 Å². The third kappa shape index (κ3) is 16.5. The maximum Gasteiger partial charge on any atom is 0.344 e. The van der Waals surface area contributed by atoms with E-state index in [1.165, 1.54) is 18.1 Å². The van der Waals surface area contributed by atoms with Gasteiger partial charge in [-0.1, -0.05) is 76.6 Å². The largest absolute Gasteiger partial charge is 0.482 e. The van der Waals surface area contributed by atoms with Crippen LogP contribution in [-0.2, 0) is 54.3 Å². The number of benzene rings is 2. The molecule has 4 aliphatic rings. The minimum absolute atomic E-state index is 0.0176. The van der Waals surface area contributed by atoms with Crippen LogP contribution in [0.5, 0.6) is 11.5 Å². The zero-order valence-electron chi connectivity index (χ0n) is 41.5. The summed E-state index contributed by atoms with van der Waals surface area (Å²) in [6.45, 7) is 8.60. The summed E-state index contributed by atoms with van der Waals surface area (Å²) < 4.78 is 22.0. The van der Waals surface area contributed by atoms with Gasteiger partial charge in [-0.3, -0.25) is 9.59 Å². The molecule has 12 atom stereocenters. The van der Waals surface area contributed by atoms with E-state index >= 15 is 0 Å². The Labute approximate surface area is 404 Å². The van der Waals surface area contributed by atoms with Crippen LogP contribution < -0.4 is 9.47 Å². The van der Waals surface area contributed by atoms with Gasteiger partial charge in [-0.25, -0.2) is 9.59 Å². The number of aliphatic carboxylic acids is 1. The molecule has 6 rings (SSSR count). The van der Waals surface area contributed by atoms with Crippen LogP contribution in [0.15, 0.2) is 36.4 Å². The van der Waals surface area contributed by atoms with E-state index in [2.05, 4.69) is 26.0 Å². The fourth-order valence-electron chi connectivity index (χ4n) is 11.7. The standard InChI is InChI=1S/C28H42O6.C27H40O7/c1-4-5-6-9-22(30)11-12-23-24-14-20-8-7-10-27(25(20)15-21(24)16-26(23)31)33-17-28(32)34-19(3)13-18(2)29;1-3-4-5-8-20(28)10-11-21-22-13-18-7-6-9-25(23(18)14-19(22)15-24(21)29)33-16-27(32)34-17(2)12-26(30)31/h7-8,10,19,21-24,26,30-31H,4-6,9,11-17H2,1-3H3;6-7,9,17,19-22,24,28-29H,3-5,8,10-16H2,1-2H3,(H,30,31)/t19?,21-,22-,23+,24-,26+;17?,19-,20-,21+,22-,24+/m00/s1. The van der Waals surface area contributed by atoms with Crippen molar-refractivity contribution in [3.05, 3.63) is 58.7 Å². The summed E-state index contributed by atoms with van der Waals surface area (Å²) in [6, 6.07) is 11.8. The molecule has 0 bridgehead atoms. The number of hydrogen-bond acceptors (Lipinski definition) is 12. The van der Waals surface area contributed by atoms with Gasteiger partial charge in [-0.05, 0) is 168 Å². The molecule has 0 spiro atoms. The molecule has 13 nitrogen and oxygen atoms in total. The summed E-state index contributed by atoms with van der Waals surface area (Å²) in [5, 5.41) is 51.1. The Morgan fingerprint density at radius 2 is 1.04 bits per heavy atom. The number of rotatable bonds is 26. The molecule has 380 valence electrons. The van der Waals surface area contributed by atoms with E-state index in [0.29, 0.717) is 35.2 Å². The molecule has 5 N–H and O–H groups in total. The van der Waals surface area contributed by atoms with E-state index in [0.717, 1.165) is 127 Å². The molecule has 68 heavy (non-hydrogen) atoms. The van der Waals surface area contributed by atoms with Crippen LogP contribution >= 0.6 is 0 Å². The second kappa shape index (κ2) is 27.4. The average molecular weight is 951 g/mol. The molecule has 4 aliphatic carbocycles. The van der Waals surface area contributed by atoms with E-state index in [-0.39, 0.29) is 68.1 Å². The zero-order valence-corrected chi connectivity index (χ0v) is 41.5. The summed E-state index contributed by atoms with van der Waals surface area (Å²) in [7, 11) is 0. The molecular formula is C55H82O13. The summed E-state index contributed by atoms with van der Waals surface area (Å²) >= 11 is 0. The molecule has 13 heteroatoms. The lowest BCUT2D eigenvalue weighted by Gasteiger charge is -2.32. The Bertz CT molecular complexity index is 1780. The Kier molecular flexibility index (Phi) is 22.1. The van der Waals surface area contributed by atoms with Gasteiger partial charge in [0, 0.05) is 6.42 Å². The summed E-state index contributed by atoms with van der Waals surface area (Å²) in [5.74, 6) is 1.24. The molecule has 2 fully saturated rings. The lowest BCUT2D eigenvalue weighted by atomic mass is 9.73. The summed E-state index contributed by atoms with van der Waals surface area (Å²) in [4.78, 5) is 46.1. The Morgan fingerprint density at radius 3 is 1.44 bits per heavy atom. The monoisotopic (exact) mass is 951 g/mol. The molecule has 0 heterocycles. The van der Waals surface area contributed by atoms with E-state index in [1.807, 2.05) is 24.3 Å². The van der Waals surface area contributed by atoms with Gasteiger partial charge in [0.2, 0.25) is 0 Å². The first-order valence-corrected chi connectivity index (χ1v) is 25.9. The van der Waals surface area contributed by atoms with E-state index in [4.69, 9.17) is 24.1 Å². The van der Waals surface area contributed by atoms with Crippen molar-refractivity contribution in [1.29, 1.82) is 0 Å². The van der Waals surface area contributed by atoms with Gasteiger partial charge in [-0.2, -0.15) is 0 Å². The fourth-order valence-corrected chi connectivity index (χ4v) is 11.7. The second-order valence-corrected chi connectivity index (χ2v) is 20.5. The molecule has 0 aromatic heterocycles. The zero-order chi connectivity index (χ0) is 49.3. The lowest BCUT2D eigenvalue weighted by molar-refractivity contribution is -0.154. The number of unbranched alkanes of at least 4 members (excludes halogenated alkanes) is 4. The van der Waals surface area contributed by atoms with Gasteiger partial charge in [0.15, 0.2) is 13.2 Å².